The van der Waals surface area contributed by atoms with Crippen LogP contribution in [0, 0.1) is 11.8 Å². The highest BCUT2D eigenvalue weighted by Crippen LogP contribution is 2.45. The summed E-state index contributed by atoms with van der Waals surface area (Å²) in [6.07, 6.45) is 6.72. The zero-order valence-corrected chi connectivity index (χ0v) is 36.7. The number of nitrogens with one attached hydrogen (secondary N) is 3. The number of pyridine rings is 1. The molecule has 8 rings (SSSR count). The minimum Gasteiger partial charge on any atom is -0.497 e. The van der Waals surface area contributed by atoms with Crippen molar-refractivity contribution >= 4 is 44.7 Å². The Bertz CT molecular complexity index is 2530. The quantitative estimate of drug-likeness (QED) is 0.117. The predicted molar refractivity (Wildman–Crippen MR) is 236 cm³/mol. The lowest BCUT2D eigenvalue weighted by Gasteiger charge is -2.31. The van der Waals surface area contributed by atoms with Crippen LogP contribution in [-0.2, 0) is 53.3 Å². The summed E-state index contributed by atoms with van der Waals surface area (Å²) in [5.41, 5.74) is 4.39. The molecule has 5 atom stereocenters. The van der Waals surface area contributed by atoms with E-state index >= 15 is 0 Å². The van der Waals surface area contributed by atoms with Gasteiger partial charge >= 0.3 is 6.09 Å². The number of ether oxygens (including phenoxy) is 3. The number of benzene rings is 3. The highest BCUT2D eigenvalue weighted by atomic mass is 32.2. The third kappa shape index (κ3) is 9.31. The Morgan fingerprint density at radius 1 is 0.952 bits per heavy atom. The SMILES string of the molecule is C=C[C@@H]1C[C@]1(NC(=O)[C@@H]1C[C@@H](OCc2cc(-c3ccc4c(c3)CCC4)nc3cc(OC)ccc23)CN1C(=O)[C@@H](NC(=O)OC1CCCC1)C(C)C)C(=O)NS(=O)(=O)c1ccccc1. The zero-order chi connectivity index (χ0) is 44.5. The van der Waals surface area contributed by atoms with Crippen LogP contribution in [0.1, 0.15) is 75.5 Å². The van der Waals surface area contributed by atoms with Crippen LogP contribution < -0.4 is 20.1 Å². The summed E-state index contributed by atoms with van der Waals surface area (Å²) in [6.45, 7) is 7.53. The monoisotopic (exact) mass is 877 g/mol. The molecule has 0 spiro atoms. The molecule has 3 N–H and O–H groups in total. The molecule has 4 aliphatic rings. The van der Waals surface area contributed by atoms with E-state index in [-0.39, 0.29) is 42.9 Å². The number of likely N-dealkylation sites (tertiary alicyclic amines) is 1. The number of methoxy groups -OCH3 is 1. The Labute approximate surface area is 368 Å². The average Bonchev–Trinajstić information content (AvgIpc) is 3.70. The summed E-state index contributed by atoms with van der Waals surface area (Å²) in [5.74, 6) is -2.39. The molecule has 3 aliphatic carbocycles. The summed E-state index contributed by atoms with van der Waals surface area (Å²) in [6, 6.07) is 19.4. The smallest absolute Gasteiger partial charge is 0.408 e. The fourth-order valence-corrected chi connectivity index (χ4v) is 10.3. The molecule has 0 bridgehead atoms. The Kier molecular flexibility index (Phi) is 12.6. The van der Waals surface area contributed by atoms with Gasteiger partial charge in [-0.1, -0.05) is 50.3 Å². The van der Waals surface area contributed by atoms with Crippen molar-refractivity contribution in [3.63, 3.8) is 0 Å². The zero-order valence-electron chi connectivity index (χ0n) is 35.9. The van der Waals surface area contributed by atoms with Gasteiger partial charge in [-0.3, -0.25) is 14.4 Å². The van der Waals surface area contributed by atoms with Crippen LogP contribution in [-0.4, -0.2) is 85.6 Å². The number of aryl methyl sites for hydroxylation is 2. The van der Waals surface area contributed by atoms with Gasteiger partial charge in [0.1, 0.15) is 29.5 Å². The maximum Gasteiger partial charge on any atom is 0.408 e. The molecular weight excluding hydrogens is 823 g/mol. The van der Waals surface area contributed by atoms with Crippen LogP contribution in [0.3, 0.4) is 0 Å². The van der Waals surface area contributed by atoms with Crippen LogP contribution in [0.4, 0.5) is 4.79 Å². The van der Waals surface area contributed by atoms with Gasteiger partial charge in [0.05, 0.1) is 35.9 Å². The molecule has 4 aromatic rings. The first-order chi connectivity index (χ1) is 30.3. The predicted octanol–water partition coefficient (Wildman–Crippen LogP) is 6.14. The number of alkyl carbamates (subject to hydrolysis) is 1. The summed E-state index contributed by atoms with van der Waals surface area (Å²) in [5, 5.41) is 6.45. The molecule has 332 valence electrons. The summed E-state index contributed by atoms with van der Waals surface area (Å²) < 4.78 is 46.4. The van der Waals surface area contributed by atoms with Gasteiger partial charge in [-0.05, 0) is 110 Å². The van der Waals surface area contributed by atoms with Crippen molar-refractivity contribution < 1.29 is 41.8 Å². The van der Waals surface area contributed by atoms with E-state index in [4.69, 9.17) is 19.2 Å². The Morgan fingerprint density at radius 3 is 2.43 bits per heavy atom. The molecule has 3 aromatic carbocycles. The highest BCUT2D eigenvalue weighted by molar-refractivity contribution is 7.90. The lowest BCUT2D eigenvalue weighted by Crippen LogP contribution is -2.59. The number of nitrogens with zero attached hydrogens (tertiary/aromatic N) is 2. The molecule has 0 unspecified atom stereocenters. The minimum absolute atomic E-state index is 0.000477. The average molecular weight is 878 g/mol. The maximum atomic E-state index is 14.6. The van der Waals surface area contributed by atoms with E-state index in [1.165, 1.54) is 34.2 Å². The molecule has 1 saturated heterocycles. The first-order valence-corrected chi connectivity index (χ1v) is 23.3. The van der Waals surface area contributed by atoms with Gasteiger partial charge in [0.25, 0.3) is 15.9 Å². The standard InChI is InChI=1S/C48H55N5O9S/c1-5-34-26-48(34,46(56)52-63(58,59)38-16-7-6-8-17-38)51-44(54)42-25-37(27-53(42)45(55)43(29(2)3)50-47(57)62-35-14-9-10-15-35)61-28-33-23-40(32-19-18-30-12-11-13-31(30)22-32)49-41-24-36(60-4)20-21-39(33)41/h5-8,16-24,29,34-35,37,42-43H,1,9-15,25-28H2,2-4H3,(H,50,57)(H,51,54)(H,52,56)/t34-,37-,42+,43+,48-/m1/s1. The topological polar surface area (TPSA) is 182 Å². The molecule has 1 aromatic heterocycles. The van der Waals surface area contributed by atoms with Crippen molar-refractivity contribution in [1.82, 2.24) is 25.2 Å². The molecule has 63 heavy (non-hydrogen) atoms. The summed E-state index contributed by atoms with van der Waals surface area (Å²) >= 11 is 0. The molecule has 14 nitrogen and oxygen atoms in total. The second-order valence-corrected chi connectivity index (χ2v) is 19.2. The molecule has 2 heterocycles. The number of hydrogen-bond donors (Lipinski definition) is 3. The second-order valence-electron chi connectivity index (χ2n) is 17.5. The molecule has 0 radical (unpaired) electrons. The number of sulfonamides is 1. The van der Waals surface area contributed by atoms with Crippen molar-refractivity contribution in [3.05, 3.63) is 102 Å². The Balaban J connectivity index is 1.06. The van der Waals surface area contributed by atoms with Crippen molar-refractivity contribution in [2.45, 2.75) is 113 Å². The first-order valence-electron chi connectivity index (χ1n) is 21.8. The van der Waals surface area contributed by atoms with Crippen molar-refractivity contribution in [3.8, 4) is 17.0 Å². The van der Waals surface area contributed by atoms with Crippen LogP contribution >= 0.6 is 0 Å². The van der Waals surface area contributed by atoms with Gasteiger partial charge < -0.3 is 29.7 Å². The Morgan fingerprint density at radius 2 is 1.71 bits per heavy atom. The van der Waals surface area contributed by atoms with E-state index in [0.29, 0.717) is 5.75 Å². The van der Waals surface area contributed by atoms with E-state index in [9.17, 15) is 27.6 Å². The molecule has 1 aliphatic heterocycles. The van der Waals surface area contributed by atoms with E-state index in [2.05, 4.69) is 40.1 Å². The lowest BCUT2D eigenvalue weighted by atomic mass is 10.0. The minimum atomic E-state index is -4.27. The number of aromatic nitrogens is 1. The van der Waals surface area contributed by atoms with E-state index in [0.717, 1.165) is 72.7 Å². The van der Waals surface area contributed by atoms with Gasteiger partial charge in [0.2, 0.25) is 11.8 Å². The fourth-order valence-electron chi connectivity index (χ4n) is 9.24. The summed E-state index contributed by atoms with van der Waals surface area (Å²) in [7, 11) is -2.67. The van der Waals surface area contributed by atoms with Crippen LogP contribution in [0.5, 0.6) is 5.75 Å². The van der Waals surface area contributed by atoms with Gasteiger partial charge in [-0.2, -0.15) is 0 Å². The van der Waals surface area contributed by atoms with Gasteiger partial charge in [-0.15, -0.1) is 6.58 Å². The van der Waals surface area contributed by atoms with Crippen molar-refractivity contribution in [2.75, 3.05) is 13.7 Å². The number of carbonyl (C=O) groups excluding carboxylic acids is 4. The van der Waals surface area contributed by atoms with Crippen LogP contribution in [0.25, 0.3) is 22.2 Å². The highest BCUT2D eigenvalue weighted by Gasteiger charge is 2.61. The third-order valence-electron chi connectivity index (χ3n) is 12.9. The third-order valence-corrected chi connectivity index (χ3v) is 14.3. The van der Waals surface area contributed by atoms with E-state index < -0.39 is 63.5 Å². The van der Waals surface area contributed by atoms with Crippen LogP contribution in [0.15, 0.2) is 90.3 Å². The molecule has 15 heteroatoms. The van der Waals surface area contributed by atoms with Crippen LogP contribution in [0.2, 0.25) is 0 Å². The van der Waals surface area contributed by atoms with Gasteiger partial charge in [0.15, 0.2) is 0 Å². The van der Waals surface area contributed by atoms with Gasteiger partial charge in [-0.25, -0.2) is 22.9 Å². The molecule has 3 fully saturated rings. The Hall–Kier alpha value is -5.80. The maximum absolute atomic E-state index is 14.6. The lowest BCUT2D eigenvalue weighted by molar-refractivity contribution is -0.141. The van der Waals surface area contributed by atoms with Crippen molar-refractivity contribution in [1.29, 1.82) is 0 Å². The number of rotatable bonds is 15. The number of carbonyl (C=O) groups is 4. The molecular formula is C48H55N5O9S. The number of amides is 4. The van der Waals surface area contributed by atoms with E-state index in [1.54, 1.807) is 39.2 Å². The number of hydrogen-bond acceptors (Lipinski definition) is 10. The largest absolute Gasteiger partial charge is 0.497 e. The molecule has 4 amide bonds. The molecule has 2 saturated carbocycles. The number of fused-ring (bicyclic) bond motifs is 2. The second kappa shape index (κ2) is 18.1. The normalized spacial score (nSPS) is 22.3. The first kappa shape index (κ1) is 43.8. The van der Waals surface area contributed by atoms with Crippen molar-refractivity contribution in [2.24, 2.45) is 11.8 Å². The fraction of sp³-hybridized carbons (Fsp3) is 0.438. The van der Waals surface area contributed by atoms with Gasteiger partial charge in [0, 0.05) is 35.9 Å². The summed E-state index contributed by atoms with van der Waals surface area (Å²) in [4.78, 5) is 62.4. The van der Waals surface area contributed by atoms with E-state index in [1.807, 2.05) is 24.3 Å².